The Morgan fingerprint density at radius 1 is 1.00 bits per heavy atom. The smallest absolute Gasteiger partial charge is 0.132 e. The normalized spacial score (nSPS) is 12.8. The molecule has 2 aromatic carbocycles. The fourth-order valence-corrected chi connectivity index (χ4v) is 2.70. The number of furan rings is 1. The van der Waals surface area contributed by atoms with E-state index in [2.05, 4.69) is 0 Å². The van der Waals surface area contributed by atoms with E-state index in [4.69, 9.17) is 33.4 Å². The lowest BCUT2D eigenvalue weighted by molar-refractivity contribution is 0.495. The zero-order chi connectivity index (χ0) is 13.4. The van der Waals surface area contributed by atoms with Crippen molar-refractivity contribution < 1.29 is 4.42 Å². The summed E-state index contributed by atoms with van der Waals surface area (Å²) in [6.45, 7) is 0. The van der Waals surface area contributed by atoms with Gasteiger partial charge < -0.3 is 10.2 Å². The number of nitrogens with two attached hydrogens (primary N) is 1. The Morgan fingerprint density at radius 2 is 1.68 bits per heavy atom. The van der Waals surface area contributed by atoms with E-state index in [0.717, 1.165) is 16.3 Å². The number of halogens is 2. The molecule has 1 aromatic heterocycles. The van der Waals surface area contributed by atoms with Gasteiger partial charge in [0.05, 0.1) is 12.3 Å². The Hall–Kier alpha value is -1.48. The second-order valence-corrected chi connectivity index (χ2v) is 5.24. The summed E-state index contributed by atoms with van der Waals surface area (Å²) >= 11 is 12.0. The summed E-state index contributed by atoms with van der Waals surface area (Å²) in [5.74, 6) is 0.717. The fraction of sp³-hybridized carbons (Fsp3) is 0.0667. The number of benzene rings is 2. The molecule has 0 amide bonds. The lowest BCUT2D eigenvalue weighted by Gasteiger charge is -2.11. The molecule has 0 fully saturated rings. The van der Waals surface area contributed by atoms with Gasteiger partial charge in [-0.15, -0.1) is 0 Å². The maximum Gasteiger partial charge on any atom is 0.132 e. The first-order chi connectivity index (χ1) is 9.15. The van der Waals surface area contributed by atoms with Crippen LogP contribution in [0.15, 0.2) is 53.1 Å². The average molecular weight is 292 g/mol. The summed E-state index contributed by atoms with van der Waals surface area (Å²) in [7, 11) is 0. The molecular weight excluding hydrogens is 281 g/mol. The van der Waals surface area contributed by atoms with Crippen LogP contribution in [0.3, 0.4) is 0 Å². The van der Waals surface area contributed by atoms with Crippen LogP contribution in [0.5, 0.6) is 0 Å². The minimum absolute atomic E-state index is 0.393. The highest BCUT2D eigenvalue weighted by atomic mass is 35.5. The highest BCUT2D eigenvalue weighted by Crippen LogP contribution is 2.31. The molecule has 3 aromatic rings. The zero-order valence-electron chi connectivity index (χ0n) is 9.94. The molecule has 1 atom stereocenters. The van der Waals surface area contributed by atoms with Crippen molar-refractivity contribution in [1.82, 2.24) is 0 Å². The van der Waals surface area contributed by atoms with Gasteiger partial charge in [0, 0.05) is 20.8 Å². The first-order valence-electron chi connectivity index (χ1n) is 5.83. The molecule has 3 rings (SSSR count). The van der Waals surface area contributed by atoms with Crippen molar-refractivity contribution in [2.45, 2.75) is 6.04 Å². The van der Waals surface area contributed by atoms with Crippen LogP contribution in [-0.4, -0.2) is 0 Å². The Balaban J connectivity index is 2.10. The van der Waals surface area contributed by atoms with Crippen LogP contribution < -0.4 is 5.73 Å². The molecule has 96 valence electrons. The second kappa shape index (κ2) is 4.89. The van der Waals surface area contributed by atoms with Crippen molar-refractivity contribution in [2.75, 3.05) is 0 Å². The van der Waals surface area contributed by atoms with E-state index >= 15 is 0 Å². The van der Waals surface area contributed by atoms with Crippen molar-refractivity contribution in [3.63, 3.8) is 0 Å². The van der Waals surface area contributed by atoms with Gasteiger partial charge in [0.1, 0.15) is 5.76 Å². The molecule has 0 aliphatic heterocycles. The summed E-state index contributed by atoms with van der Waals surface area (Å²) in [5, 5.41) is 3.16. The van der Waals surface area contributed by atoms with Gasteiger partial charge in [0.2, 0.25) is 0 Å². The number of fused-ring (bicyclic) bond motifs is 1. The van der Waals surface area contributed by atoms with Gasteiger partial charge in [-0.1, -0.05) is 47.5 Å². The SMILES string of the molecule is NC(c1cc(Cl)cc(Cl)c1)c1occ2ccccc12. The maximum atomic E-state index is 6.25. The Labute approximate surface area is 120 Å². The van der Waals surface area contributed by atoms with E-state index in [0.29, 0.717) is 15.8 Å². The van der Waals surface area contributed by atoms with Crippen LogP contribution >= 0.6 is 23.2 Å². The van der Waals surface area contributed by atoms with Crippen molar-refractivity contribution in [3.05, 3.63) is 70.1 Å². The van der Waals surface area contributed by atoms with Crippen LogP contribution in [0, 0.1) is 0 Å². The third kappa shape index (κ3) is 2.35. The van der Waals surface area contributed by atoms with Crippen LogP contribution in [0.1, 0.15) is 17.4 Å². The molecule has 4 heteroatoms. The summed E-state index contributed by atoms with van der Waals surface area (Å²) in [6.07, 6.45) is 1.71. The van der Waals surface area contributed by atoms with E-state index < -0.39 is 6.04 Å². The molecule has 0 saturated carbocycles. The zero-order valence-corrected chi connectivity index (χ0v) is 11.4. The van der Waals surface area contributed by atoms with Crippen molar-refractivity contribution in [3.8, 4) is 0 Å². The molecule has 0 saturated heterocycles. The third-order valence-electron chi connectivity index (χ3n) is 3.07. The van der Waals surface area contributed by atoms with Gasteiger partial charge in [-0.05, 0) is 23.8 Å². The predicted molar refractivity (Wildman–Crippen MR) is 78.7 cm³/mol. The summed E-state index contributed by atoms with van der Waals surface area (Å²) < 4.78 is 5.60. The Kier molecular flexibility index (Phi) is 3.23. The Bertz CT molecular complexity index is 716. The molecule has 0 aliphatic carbocycles. The molecule has 1 unspecified atom stereocenters. The minimum atomic E-state index is -0.393. The minimum Gasteiger partial charge on any atom is -0.466 e. The summed E-state index contributed by atoms with van der Waals surface area (Å²) in [4.78, 5) is 0. The standard InChI is InChI=1S/C15H11Cl2NO/c16-11-5-10(6-12(17)7-11)14(18)15-13-4-2-1-3-9(13)8-19-15/h1-8,14H,18H2. The second-order valence-electron chi connectivity index (χ2n) is 4.37. The van der Waals surface area contributed by atoms with Gasteiger partial charge in [0.15, 0.2) is 0 Å². The van der Waals surface area contributed by atoms with Crippen LogP contribution in [0.25, 0.3) is 10.8 Å². The van der Waals surface area contributed by atoms with Gasteiger partial charge in [0.25, 0.3) is 0 Å². The average Bonchev–Trinajstić information content (AvgIpc) is 2.80. The quantitative estimate of drug-likeness (QED) is 0.737. The van der Waals surface area contributed by atoms with Crippen LogP contribution in [-0.2, 0) is 0 Å². The topological polar surface area (TPSA) is 39.2 Å². The first-order valence-corrected chi connectivity index (χ1v) is 6.58. The highest BCUT2D eigenvalue weighted by molar-refractivity contribution is 6.34. The third-order valence-corrected chi connectivity index (χ3v) is 3.50. The van der Waals surface area contributed by atoms with Gasteiger partial charge in [-0.3, -0.25) is 0 Å². The van der Waals surface area contributed by atoms with Crippen molar-refractivity contribution in [1.29, 1.82) is 0 Å². The highest BCUT2D eigenvalue weighted by Gasteiger charge is 2.17. The maximum absolute atomic E-state index is 6.25. The largest absolute Gasteiger partial charge is 0.466 e. The molecule has 2 nitrogen and oxygen atoms in total. The van der Waals surface area contributed by atoms with E-state index in [-0.39, 0.29) is 0 Å². The van der Waals surface area contributed by atoms with E-state index in [1.54, 1.807) is 24.5 Å². The molecule has 0 radical (unpaired) electrons. The summed E-state index contributed by atoms with van der Waals surface area (Å²) in [5.41, 5.74) is 7.08. The summed E-state index contributed by atoms with van der Waals surface area (Å²) in [6, 6.07) is 12.8. The van der Waals surface area contributed by atoms with Crippen molar-refractivity contribution in [2.24, 2.45) is 5.73 Å². The molecule has 19 heavy (non-hydrogen) atoms. The molecule has 0 bridgehead atoms. The monoisotopic (exact) mass is 291 g/mol. The van der Waals surface area contributed by atoms with Crippen molar-refractivity contribution >= 4 is 34.0 Å². The molecular formula is C15H11Cl2NO. The van der Waals surface area contributed by atoms with Gasteiger partial charge in [-0.25, -0.2) is 0 Å². The molecule has 0 aliphatic rings. The van der Waals surface area contributed by atoms with Gasteiger partial charge in [-0.2, -0.15) is 0 Å². The molecule has 2 N–H and O–H groups in total. The number of hydrogen-bond donors (Lipinski definition) is 1. The van der Waals surface area contributed by atoms with Gasteiger partial charge >= 0.3 is 0 Å². The number of rotatable bonds is 2. The van der Waals surface area contributed by atoms with E-state index in [1.807, 2.05) is 24.3 Å². The fourth-order valence-electron chi connectivity index (χ4n) is 2.16. The lowest BCUT2D eigenvalue weighted by atomic mass is 10.0. The Morgan fingerprint density at radius 3 is 2.42 bits per heavy atom. The number of hydrogen-bond acceptors (Lipinski definition) is 2. The van der Waals surface area contributed by atoms with Crippen LogP contribution in [0.4, 0.5) is 0 Å². The van der Waals surface area contributed by atoms with E-state index in [9.17, 15) is 0 Å². The van der Waals surface area contributed by atoms with E-state index in [1.165, 1.54) is 0 Å². The predicted octanol–water partition coefficient (Wildman–Crippen LogP) is 4.79. The lowest BCUT2D eigenvalue weighted by Crippen LogP contribution is -2.11. The molecule has 1 heterocycles. The van der Waals surface area contributed by atoms with Crippen LogP contribution in [0.2, 0.25) is 10.0 Å². The first kappa shape index (κ1) is 12.5. The molecule has 0 spiro atoms.